The highest BCUT2D eigenvalue weighted by atomic mass is 16.7. The first-order valence-electron chi connectivity index (χ1n) is 28.9. The second-order valence-corrected chi connectivity index (χ2v) is 20.0. The molecule has 0 spiro atoms. The Hall–Kier alpha value is -2.38. The number of carbonyl (C=O) groups excluding carboxylic acids is 2. The lowest BCUT2D eigenvalue weighted by molar-refractivity contribution is -0.302. The predicted octanol–water partition coefficient (Wildman–Crippen LogP) is 12.9. The van der Waals surface area contributed by atoms with Gasteiger partial charge in [0.1, 0.15) is 24.4 Å². The number of nitrogens with one attached hydrogen (secondary N) is 1. The van der Waals surface area contributed by atoms with Gasteiger partial charge in [-0.3, -0.25) is 9.59 Å². The third-order valence-corrected chi connectivity index (χ3v) is 13.4. The highest BCUT2D eigenvalue weighted by Crippen LogP contribution is 2.23. The minimum atomic E-state index is -1.58. The first kappa shape index (κ1) is 65.6. The smallest absolute Gasteiger partial charge is 0.305 e. The number of unbranched alkanes of at least 4 members (excludes halogenated alkanes) is 30. The van der Waals surface area contributed by atoms with E-state index in [1.165, 1.54) is 122 Å². The number of amides is 1. The average molecular weight is 991 g/mol. The monoisotopic (exact) mass is 990 g/mol. The van der Waals surface area contributed by atoms with E-state index in [9.17, 15) is 35.1 Å². The maximum absolute atomic E-state index is 13.0. The van der Waals surface area contributed by atoms with E-state index in [4.69, 9.17) is 14.2 Å². The lowest BCUT2D eigenvalue weighted by Gasteiger charge is -2.40. The number of rotatable bonds is 49. The quantitative estimate of drug-likeness (QED) is 0.0149. The molecule has 7 atom stereocenters. The molecule has 1 aliphatic heterocycles. The van der Waals surface area contributed by atoms with E-state index in [-0.39, 0.29) is 18.5 Å². The van der Waals surface area contributed by atoms with E-state index >= 15 is 0 Å². The molecule has 1 amide bonds. The first-order chi connectivity index (χ1) is 34.2. The van der Waals surface area contributed by atoms with Crippen LogP contribution in [0.4, 0.5) is 0 Å². The molecule has 1 heterocycles. The van der Waals surface area contributed by atoms with E-state index in [0.717, 1.165) is 103 Å². The van der Waals surface area contributed by atoms with E-state index in [2.05, 4.69) is 55.6 Å². The lowest BCUT2D eigenvalue weighted by Crippen LogP contribution is -2.60. The van der Waals surface area contributed by atoms with Crippen LogP contribution in [0.1, 0.15) is 251 Å². The number of esters is 1. The van der Waals surface area contributed by atoms with Gasteiger partial charge in [0, 0.05) is 12.8 Å². The fourth-order valence-corrected chi connectivity index (χ4v) is 8.79. The van der Waals surface area contributed by atoms with Crippen LogP contribution in [0.25, 0.3) is 0 Å². The van der Waals surface area contributed by atoms with E-state index in [1.807, 2.05) is 6.08 Å². The van der Waals surface area contributed by atoms with Crippen molar-refractivity contribution in [2.24, 2.45) is 0 Å². The summed E-state index contributed by atoms with van der Waals surface area (Å²) in [5.41, 5.74) is 0. The molecular formula is C59H107NO10. The van der Waals surface area contributed by atoms with E-state index in [1.54, 1.807) is 6.08 Å². The van der Waals surface area contributed by atoms with Gasteiger partial charge in [-0.15, -0.1) is 0 Å². The van der Waals surface area contributed by atoms with Crippen LogP contribution in [0.5, 0.6) is 0 Å². The van der Waals surface area contributed by atoms with Crippen molar-refractivity contribution in [2.75, 3.05) is 19.8 Å². The predicted molar refractivity (Wildman–Crippen MR) is 287 cm³/mol. The van der Waals surface area contributed by atoms with Crippen LogP contribution >= 0.6 is 0 Å². The van der Waals surface area contributed by atoms with Crippen molar-refractivity contribution in [3.8, 4) is 0 Å². The van der Waals surface area contributed by atoms with Gasteiger partial charge in [-0.05, 0) is 77.0 Å². The molecule has 0 aromatic rings. The molecule has 0 aliphatic carbocycles. The highest BCUT2D eigenvalue weighted by molar-refractivity contribution is 5.76. The van der Waals surface area contributed by atoms with Gasteiger partial charge in [-0.2, -0.15) is 0 Å². The molecule has 1 saturated heterocycles. The van der Waals surface area contributed by atoms with Crippen molar-refractivity contribution in [3.05, 3.63) is 48.6 Å². The molecule has 408 valence electrons. The van der Waals surface area contributed by atoms with Crippen LogP contribution in [0.15, 0.2) is 48.6 Å². The molecule has 1 aliphatic rings. The molecule has 0 radical (unpaired) electrons. The third kappa shape index (κ3) is 38.3. The van der Waals surface area contributed by atoms with Gasteiger partial charge in [-0.25, -0.2) is 0 Å². The molecular weight excluding hydrogens is 883 g/mol. The van der Waals surface area contributed by atoms with Gasteiger partial charge >= 0.3 is 5.97 Å². The number of aliphatic hydroxyl groups excluding tert-OH is 5. The van der Waals surface area contributed by atoms with Crippen molar-refractivity contribution in [1.82, 2.24) is 5.32 Å². The van der Waals surface area contributed by atoms with Crippen LogP contribution in [-0.2, 0) is 23.8 Å². The molecule has 7 unspecified atom stereocenters. The molecule has 0 aromatic carbocycles. The van der Waals surface area contributed by atoms with Gasteiger partial charge in [-0.1, -0.05) is 210 Å². The van der Waals surface area contributed by atoms with Crippen molar-refractivity contribution in [2.45, 2.75) is 294 Å². The zero-order chi connectivity index (χ0) is 51.0. The summed E-state index contributed by atoms with van der Waals surface area (Å²) in [5, 5.41) is 54.1. The number of allylic oxidation sites excluding steroid dienone is 7. The van der Waals surface area contributed by atoms with Crippen LogP contribution < -0.4 is 5.32 Å². The molecule has 11 heteroatoms. The van der Waals surface area contributed by atoms with Crippen LogP contribution in [0.2, 0.25) is 0 Å². The zero-order valence-electron chi connectivity index (χ0n) is 44.7. The normalized spacial score (nSPS) is 19.6. The summed E-state index contributed by atoms with van der Waals surface area (Å²) >= 11 is 0. The molecule has 6 N–H and O–H groups in total. The standard InChI is InChI=1S/C59H107NO10/c1-3-5-7-9-11-13-14-15-16-17-18-21-24-27-31-35-39-43-47-55(64)68-48-44-40-36-32-28-25-22-19-20-23-26-30-34-38-42-46-54(63)60-51(52(62)45-41-37-33-29-12-10-8-6-4-2)50-69-59-58(67)57(66)56(65)53(49-61)70-59/h12,19,22,25,28-29,41,45,51-53,56-59,61-62,65-67H,3-11,13-18,20-21,23-24,26-27,30-40,42-44,46-50H2,1-2H3,(H,60,63)/b22-19-,28-25-,29-12+,45-41+. The second-order valence-electron chi connectivity index (χ2n) is 20.0. The van der Waals surface area contributed by atoms with Gasteiger partial charge in [0.15, 0.2) is 6.29 Å². The molecule has 11 nitrogen and oxygen atoms in total. The summed E-state index contributed by atoms with van der Waals surface area (Å²) in [6, 6.07) is -0.843. The Bertz CT molecular complexity index is 1300. The number of carbonyl (C=O) groups is 2. The maximum atomic E-state index is 13.0. The Labute approximate surface area is 427 Å². The topological polar surface area (TPSA) is 175 Å². The SMILES string of the molecule is CCCCC/C=C/CC/C=C/C(O)C(COC1OC(CO)C(O)C(O)C1O)NC(=O)CCCCCCCC/C=C\C=C/CCCCCOC(=O)CCCCCCCCCCCCCCCCCCCC. The molecule has 70 heavy (non-hydrogen) atoms. The Balaban J connectivity index is 2.08. The van der Waals surface area contributed by atoms with Crippen molar-refractivity contribution < 1.29 is 49.3 Å². The molecule has 0 bridgehead atoms. The minimum absolute atomic E-state index is 0.0383. The van der Waals surface area contributed by atoms with Crippen LogP contribution in [0, 0.1) is 0 Å². The van der Waals surface area contributed by atoms with Gasteiger partial charge in [0.05, 0.1) is 32.0 Å². The van der Waals surface area contributed by atoms with Crippen LogP contribution in [-0.4, -0.2) is 100 Å². The van der Waals surface area contributed by atoms with Gasteiger partial charge < -0.3 is 45.1 Å². The summed E-state index contributed by atoms with van der Waals surface area (Å²) in [6.45, 7) is 4.20. The molecule has 1 rings (SSSR count). The number of ether oxygens (including phenoxy) is 3. The maximum Gasteiger partial charge on any atom is 0.305 e. The number of hydrogen-bond acceptors (Lipinski definition) is 10. The Morgan fingerprint density at radius 2 is 0.971 bits per heavy atom. The van der Waals surface area contributed by atoms with E-state index < -0.39 is 49.5 Å². The summed E-state index contributed by atoms with van der Waals surface area (Å²) in [7, 11) is 0. The summed E-state index contributed by atoms with van der Waals surface area (Å²) in [5.74, 6) is -0.256. The van der Waals surface area contributed by atoms with Crippen LogP contribution in [0.3, 0.4) is 0 Å². The average Bonchev–Trinajstić information content (AvgIpc) is 3.36. The van der Waals surface area contributed by atoms with Crippen molar-refractivity contribution >= 4 is 11.9 Å². The molecule has 0 aromatic heterocycles. The first-order valence-corrected chi connectivity index (χ1v) is 28.9. The summed E-state index contributed by atoms with van der Waals surface area (Å²) in [6.07, 6.45) is 50.8. The fourth-order valence-electron chi connectivity index (χ4n) is 8.79. The largest absolute Gasteiger partial charge is 0.466 e. The van der Waals surface area contributed by atoms with E-state index in [0.29, 0.717) is 19.4 Å². The fraction of sp³-hybridized carbons (Fsp3) is 0.831. The molecule has 0 saturated carbocycles. The van der Waals surface area contributed by atoms with Crippen molar-refractivity contribution in [1.29, 1.82) is 0 Å². The Kier molecular flexibility index (Phi) is 45.8. The number of aliphatic hydroxyl groups is 5. The minimum Gasteiger partial charge on any atom is -0.466 e. The summed E-state index contributed by atoms with van der Waals surface area (Å²) in [4.78, 5) is 25.1. The van der Waals surface area contributed by atoms with Crippen molar-refractivity contribution in [3.63, 3.8) is 0 Å². The second kappa shape index (κ2) is 48.9. The Morgan fingerprint density at radius 1 is 0.529 bits per heavy atom. The third-order valence-electron chi connectivity index (χ3n) is 13.4. The zero-order valence-corrected chi connectivity index (χ0v) is 44.7. The van der Waals surface area contributed by atoms with Gasteiger partial charge in [0.25, 0.3) is 0 Å². The van der Waals surface area contributed by atoms with Gasteiger partial charge in [0.2, 0.25) is 5.91 Å². The summed E-state index contributed by atoms with van der Waals surface area (Å²) < 4.78 is 16.6. The number of hydrogen-bond donors (Lipinski definition) is 6. The molecule has 1 fully saturated rings. The Morgan fingerprint density at radius 3 is 1.53 bits per heavy atom. The highest BCUT2D eigenvalue weighted by Gasteiger charge is 2.44. The lowest BCUT2D eigenvalue weighted by atomic mass is 9.99.